The van der Waals surface area contributed by atoms with Crippen molar-refractivity contribution in [2.75, 3.05) is 19.7 Å². The standard InChI is InChI=1S/C13H25NO2/c1-10-6-11(2)8-14(7-10)12(15)9-16-13(3,4)5/h10-11H,6-9H2,1-5H3. The van der Waals surface area contributed by atoms with E-state index in [1.165, 1.54) is 6.42 Å². The van der Waals surface area contributed by atoms with Gasteiger partial charge in [-0.15, -0.1) is 0 Å². The van der Waals surface area contributed by atoms with Gasteiger partial charge in [0.1, 0.15) is 6.61 Å². The van der Waals surface area contributed by atoms with Crippen LogP contribution in [0.5, 0.6) is 0 Å². The van der Waals surface area contributed by atoms with E-state index in [1.807, 2.05) is 25.7 Å². The monoisotopic (exact) mass is 227 g/mol. The number of rotatable bonds is 2. The number of hydrogen-bond acceptors (Lipinski definition) is 2. The second-order valence-electron chi connectivity index (χ2n) is 6.15. The van der Waals surface area contributed by atoms with Crippen molar-refractivity contribution in [1.29, 1.82) is 0 Å². The Morgan fingerprint density at radius 2 is 1.75 bits per heavy atom. The van der Waals surface area contributed by atoms with Gasteiger partial charge in [0.15, 0.2) is 0 Å². The lowest BCUT2D eigenvalue weighted by atomic mass is 9.92. The van der Waals surface area contributed by atoms with Crippen molar-refractivity contribution in [3.63, 3.8) is 0 Å². The van der Waals surface area contributed by atoms with E-state index >= 15 is 0 Å². The van der Waals surface area contributed by atoms with Gasteiger partial charge in [-0.3, -0.25) is 4.79 Å². The van der Waals surface area contributed by atoms with E-state index < -0.39 is 0 Å². The summed E-state index contributed by atoms with van der Waals surface area (Å²) < 4.78 is 5.52. The largest absolute Gasteiger partial charge is 0.366 e. The molecule has 1 saturated heterocycles. The highest BCUT2D eigenvalue weighted by molar-refractivity contribution is 5.77. The van der Waals surface area contributed by atoms with Crippen LogP contribution in [0.25, 0.3) is 0 Å². The molecule has 16 heavy (non-hydrogen) atoms. The third-order valence-electron chi connectivity index (χ3n) is 2.85. The number of likely N-dealkylation sites (tertiary alicyclic amines) is 1. The summed E-state index contributed by atoms with van der Waals surface area (Å²) in [5, 5.41) is 0. The first kappa shape index (κ1) is 13.5. The number of nitrogens with zero attached hydrogens (tertiary/aromatic N) is 1. The van der Waals surface area contributed by atoms with Crippen molar-refractivity contribution in [1.82, 2.24) is 4.90 Å². The zero-order chi connectivity index (χ0) is 12.3. The van der Waals surface area contributed by atoms with Gasteiger partial charge < -0.3 is 9.64 Å². The summed E-state index contributed by atoms with van der Waals surface area (Å²) >= 11 is 0. The normalized spacial score (nSPS) is 26.9. The van der Waals surface area contributed by atoms with E-state index in [0.717, 1.165) is 13.1 Å². The molecule has 0 aromatic carbocycles. The van der Waals surface area contributed by atoms with E-state index in [9.17, 15) is 4.79 Å². The Morgan fingerprint density at radius 1 is 1.25 bits per heavy atom. The van der Waals surface area contributed by atoms with Crippen molar-refractivity contribution in [3.8, 4) is 0 Å². The van der Waals surface area contributed by atoms with Crippen LogP contribution in [0.15, 0.2) is 0 Å². The van der Waals surface area contributed by atoms with E-state index in [0.29, 0.717) is 11.8 Å². The van der Waals surface area contributed by atoms with Gasteiger partial charge in [-0.25, -0.2) is 0 Å². The predicted molar refractivity (Wildman–Crippen MR) is 65.2 cm³/mol. The molecule has 0 saturated carbocycles. The van der Waals surface area contributed by atoms with Crippen LogP contribution in [0, 0.1) is 11.8 Å². The number of hydrogen-bond donors (Lipinski definition) is 0. The molecule has 94 valence electrons. The second-order valence-corrected chi connectivity index (χ2v) is 6.15. The smallest absolute Gasteiger partial charge is 0.248 e. The number of ether oxygens (including phenoxy) is 1. The van der Waals surface area contributed by atoms with Crippen molar-refractivity contribution in [3.05, 3.63) is 0 Å². The summed E-state index contributed by atoms with van der Waals surface area (Å²) in [6.45, 7) is 12.3. The Kier molecular flexibility index (Phi) is 4.36. The molecule has 0 spiro atoms. The van der Waals surface area contributed by atoms with Crippen LogP contribution in [0.3, 0.4) is 0 Å². The zero-order valence-electron chi connectivity index (χ0n) is 11.2. The van der Waals surface area contributed by atoms with Crippen molar-refractivity contribution in [2.45, 2.75) is 46.6 Å². The lowest BCUT2D eigenvalue weighted by molar-refractivity contribution is -0.143. The van der Waals surface area contributed by atoms with E-state index in [2.05, 4.69) is 13.8 Å². The zero-order valence-corrected chi connectivity index (χ0v) is 11.2. The van der Waals surface area contributed by atoms with Crippen LogP contribution >= 0.6 is 0 Å². The lowest BCUT2D eigenvalue weighted by Crippen LogP contribution is -2.45. The van der Waals surface area contributed by atoms with Crippen molar-refractivity contribution in [2.24, 2.45) is 11.8 Å². The molecule has 0 N–H and O–H groups in total. The number of carbonyl (C=O) groups excluding carboxylic acids is 1. The molecule has 2 atom stereocenters. The van der Waals surface area contributed by atoms with E-state index in [4.69, 9.17) is 4.74 Å². The van der Waals surface area contributed by atoms with Crippen molar-refractivity contribution < 1.29 is 9.53 Å². The van der Waals surface area contributed by atoms with Gasteiger partial charge in [0, 0.05) is 13.1 Å². The average Bonchev–Trinajstić information content (AvgIpc) is 2.11. The quantitative estimate of drug-likeness (QED) is 0.724. The number of piperidine rings is 1. The molecule has 0 aromatic heterocycles. The Morgan fingerprint density at radius 3 is 2.19 bits per heavy atom. The maximum atomic E-state index is 11.9. The molecular weight excluding hydrogens is 202 g/mol. The maximum absolute atomic E-state index is 11.9. The van der Waals surface area contributed by atoms with E-state index in [1.54, 1.807) is 0 Å². The second kappa shape index (κ2) is 5.17. The van der Waals surface area contributed by atoms with Gasteiger partial charge in [0.25, 0.3) is 0 Å². The lowest BCUT2D eigenvalue weighted by Gasteiger charge is -2.35. The van der Waals surface area contributed by atoms with Crippen molar-refractivity contribution >= 4 is 5.91 Å². The number of amides is 1. The third-order valence-corrected chi connectivity index (χ3v) is 2.85. The molecule has 3 nitrogen and oxygen atoms in total. The molecule has 0 aromatic rings. The third kappa shape index (κ3) is 4.52. The van der Waals surface area contributed by atoms with Gasteiger partial charge in [0.05, 0.1) is 5.60 Å². The molecule has 0 radical (unpaired) electrons. The first-order chi connectivity index (χ1) is 7.28. The highest BCUT2D eigenvalue weighted by Gasteiger charge is 2.26. The fourth-order valence-electron chi connectivity index (χ4n) is 2.24. The SMILES string of the molecule is CC1CC(C)CN(C(=O)COC(C)(C)C)C1. The summed E-state index contributed by atoms with van der Waals surface area (Å²) in [6, 6.07) is 0. The number of carbonyl (C=O) groups is 1. The van der Waals surface area contributed by atoms with Gasteiger partial charge in [0.2, 0.25) is 5.91 Å². The summed E-state index contributed by atoms with van der Waals surface area (Å²) in [5.74, 6) is 1.36. The minimum atomic E-state index is -0.233. The first-order valence-electron chi connectivity index (χ1n) is 6.19. The van der Waals surface area contributed by atoms with E-state index in [-0.39, 0.29) is 18.1 Å². The first-order valence-corrected chi connectivity index (χ1v) is 6.19. The molecule has 1 aliphatic rings. The molecule has 0 aliphatic carbocycles. The van der Waals surface area contributed by atoms with Gasteiger partial charge in [-0.1, -0.05) is 13.8 Å². The summed E-state index contributed by atoms with van der Waals surface area (Å²) in [4.78, 5) is 13.9. The average molecular weight is 227 g/mol. The molecule has 3 heteroatoms. The molecule has 1 amide bonds. The van der Waals surface area contributed by atoms with Crippen LogP contribution in [0.2, 0.25) is 0 Å². The molecule has 1 fully saturated rings. The minimum absolute atomic E-state index is 0.133. The fraction of sp³-hybridized carbons (Fsp3) is 0.923. The Bertz CT molecular complexity index is 235. The predicted octanol–water partition coefficient (Wildman–Crippen LogP) is 2.31. The Labute approximate surface area is 99.1 Å². The molecular formula is C13H25NO2. The van der Waals surface area contributed by atoms with Crippen LogP contribution in [0.1, 0.15) is 41.0 Å². The molecule has 1 rings (SSSR count). The molecule has 1 heterocycles. The topological polar surface area (TPSA) is 29.5 Å². The van der Waals surface area contributed by atoms with Crippen LogP contribution < -0.4 is 0 Å². The molecule has 1 aliphatic heterocycles. The highest BCUT2D eigenvalue weighted by atomic mass is 16.5. The molecule has 2 unspecified atom stereocenters. The van der Waals surface area contributed by atoms with Gasteiger partial charge >= 0.3 is 0 Å². The summed E-state index contributed by atoms with van der Waals surface area (Å²) in [7, 11) is 0. The minimum Gasteiger partial charge on any atom is -0.366 e. The molecule has 0 bridgehead atoms. The maximum Gasteiger partial charge on any atom is 0.248 e. The van der Waals surface area contributed by atoms with Gasteiger partial charge in [-0.05, 0) is 39.0 Å². The highest BCUT2D eigenvalue weighted by Crippen LogP contribution is 2.21. The van der Waals surface area contributed by atoms with Gasteiger partial charge in [-0.2, -0.15) is 0 Å². The Balaban J connectivity index is 2.41. The van der Waals surface area contributed by atoms with Crippen LogP contribution in [-0.2, 0) is 9.53 Å². The van der Waals surface area contributed by atoms with Crippen LogP contribution in [-0.4, -0.2) is 36.1 Å². The summed E-state index contributed by atoms with van der Waals surface area (Å²) in [5.41, 5.74) is -0.233. The fourth-order valence-corrected chi connectivity index (χ4v) is 2.24. The van der Waals surface area contributed by atoms with Crippen LogP contribution in [0.4, 0.5) is 0 Å². The summed E-state index contributed by atoms with van der Waals surface area (Å²) in [6.07, 6.45) is 1.23. The Hall–Kier alpha value is -0.570.